The summed E-state index contributed by atoms with van der Waals surface area (Å²) in [4.78, 5) is 28.2. The van der Waals surface area contributed by atoms with E-state index in [1.807, 2.05) is 23.5 Å². The molecule has 3 aromatic rings. The standard InChI is InChI=1S/C23H31N7O3S/c1-14(2)20-19-17(15-12-24-23(25-13-15)29(3)4)11-18(22(31)28-34(5,32)33)26-21(19)30(27-20)16-9-7-6-8-10-16/h11-14,16H,6-10H2,1-5H3,(H,28,31). The smallest absolute Gasteiger partial charge is 0.283 e. The minimum absolute atomic E-state index is 0.0110. The van der Waals surface area contributed by atoms with Gasteiger partial charge in [0.1, 0.15) is 5.69 Å². The average Bonchev–Trinajstić information content (AvgIpc) is 3.18. The van der Waals surface area contributed by atoms with E-state index in [-0.39, 0.29) is 17.7 Å². The summed E-state index contributed by atoms with van der Waals surface area (Å²) >= 11 is 0. The third-order valence-electron chi connectivity index (χ3n) is 6.02. The Kier molecular flexibility index (Phi) is 6.57. The number of anilines is 1. The van der Waals surface area contributed by atoms with Gasteiger partial charge in [-0.1, -0.05) is 33.1 Å². The lowest BCUT2D eigenvalue weighted by Crippen LogP contribution is -2.30. The number of sulfonamides is 1. The van der Waals surface area contributed by atoms with E-state index in [9.17, 15) is 13.2 Å². The van der Waals surface area contributed by atoms with Crippen molar-refractivity contribution in [2.24, 2.45) is 0 Å². The first-order chi connectivity index (χ1) is 16.0. The molecule has 1 saturated carbocycles. The molecular weight excluding hydrogens is 454 g/mol. The highest BCUT2D eigenvalue weighted by atomic mass is 32.2. The van der Waals surface area contributed by atoms with Gasteiger partial charge in [-0.3, -0.25) is 4.79 Å². The molecule has 1 amide bonds. The van der Waals surface area contributed by atoms with E-state index in [2.05, 4.69) is 28.8 Å². The number of pyridine rings is 1. The van der Waals surface area contributed by atoms with Crippen molar-refractivity contribution in [2.45, 2.75) is 57.9 Å². The Morgan fingerprint density at radius 1 is 1.15 bits per heavy atom. The van der Waals surface area contributed by atoms with Crippen LogP contribution in [0.25, 0.3) is 22.2 Å². The maximum atomic E-state index is 12.8. The topological polar surface area (TPSA) is 123 Å². The van der Waals surface area contributed by atoms with Crippen molar-refractivity contribution in [1.29, 1.82) is 0 Å². The van der Waals surface area contributed by atoms with Crippen molar-refractivity contribution in [2.75, 3.05) is 25.3 Å². The number of aromatic nitrogens is 5. The van der Waals surface area contributed by atoms with Crippen LogP contribution in [0.1, 0.15) is 74.1 Å². The summed E-state index contributed by atoms with van der Waals surface area (Å²) in [6, 6.07) is 1.79. The van der Waals surface area contributed by atoms with Crippen LogP contribution in [-0.4, -0.2) is 59.4 Å². The molecule has 0 atom stereocenters. The molecule has 0 saturated heterocycles. The van der Waals surface area contributed by atoms with Gasteiger partial charge in [0.25, 0.3) is 5.91 Å². The third kappa shape index (κ3) is 4.89. The number of carbonyl (C=O) groups excluding carboxylic acids is 1. The Balaban J connectivity index is 1.98. The fraction of sp³-hybridized carbons (Fsp3) is 0.522. The summed E-state index contributed by atoms with van der Waals surface area (Å²) in [6.45, 7) is 4.15. The maximum absolute atomic E-state index is 12.8. The van der Waals surface area contributed by atoms with E-state index in [1.165, 1.54) is 6.42 Å². The summed E-state index contributed by atoms with van der Waals surface area (Å²) in [5.74, 6) is -0.101. The van der Waals surface area contributed by atoms with Crippen LogP contribution in [0.3, 0.4) is 0 Å². The first kappa shape index (κ1) is 24.1. The predicted molar refractivity (Wildman–Crippen MR) is 131 cm³/mol. The van der Waals surface area contributed by atoms with Crippen LogP contribution in [-0.2, 0) is 10.0 Å². The highest BCUT2D eigenvalue weighted by Crippen LogP contribution is 2.37. The van der Waals surface area contributed by atoms with Crippen molar-refractivity contribution < 1.29 is 13.2 Å². The quantitative estimate of drug-likeness (QED) is 0.564. The molecule has 0 unspecified atom stereocenters. The number of amides is 1. The van der Waals surface area contributed by atoms with Gasteiger partial charge in [-0.05, 0) is 24.8 Å². The molecule has 11 heteroatoms. The van der Waals surface area contributed by atoms with E-state index in [4.69, 9.17) is 5.10 Å². The van der Waals surface area contributed by atoms with Gasteiger partial charge in [0.15, 0.2) is 5.65 Å². The van der Waals surface area contributed by atoms with Crippen LogP contribution in [0.15, 0.2) is 18.5 Å². The van der Waals surface area contributed by atoms with Crippen molar-refractivity contribution in [3.63, 3.8) is 0 Å². The first-order valence-corrected chi connectivity index (χ1v) is 13.4. The number of fused-ring (bicyclic) bond motifs is 1. The zero-order valence-electron chi connectivity index (χ0n) is 20.2. The second kappa shape index (κ2) is 9.28. The Labute approximate surface area is 199 Å². The average molecular weight is 486 g/mol. The normalized spacial score (nSPS) is 15.1. The van der Waals surface area contributed by atoms with Crippen LogP contribution in [0.4, 0.5) is 5.95 Å². The molecule has 0 bridgehead atoms. The highest BCUT2D eigenvalue weighted by Gasteiger charge is 2.27. The number of carbonyl (C=O) groups is 1. The zero-order chi connectivity index (χ0) is 24.6. The Bertz CT molecular complexity index is 1310. The molecule has 182 valence electrons. The lowest BCUT2D eigenvalue weighted by molar-refractivity contribution is 0.0977. The number of rotatable bonds is 6. The molecule has 1 aliphatic carbocycles. The van der Waals surface area contributed by atoms with Crippen molar-refractivity contribution in [1.82, 2.24) is 29.5 Å². The monoisotopic (exact) mass is 485 g/mol. The van der Waals surface area contributed by atoms with Gasteiger partial charge in [0, 0.05) is 37.6 Å². The van der Waals surface area contributed by atoms with Crippen molar-refractivity contribution >= 4 is 32.9 Å². The molecule has 1 fully saturated rings. The van der Waals surface area contributed by atoms with Gasteiger partial charge >= 0.3 is 0 Å². The van der Waals surface area contributed by atoms with E-state index < -0.39 is 15.9 Å². The number of hydrogen-bond acceptors (Lipinski definition) is 8. The largest absolute Gasteiger partial charge is 0.347 e. The number of nitrogens with zero attached hydrogens (tertiary/aromatic N) is 6. The van der Waals surface area contributed by atoms with Crippen LogP contribution in [0.2, 0.25) is 0 Å². The van der Waals surface area contributed by atoms with Crippen molar-refractivity contribution in [3.8, 4) is 11.1 Å². The lowest BCUT2D eigenvalue weighted by atomic mass is 9.95. The summed E-state index contributed by atoms with van der Waals surface area (Å²) in [6.07, 6.45) is 9.77. The zero-order valence-corrected chi connectivity index (χ0v) is 21.1. The Morgan fingerprint density at radius 2 is 1.79 bits per heavy atom. The highest BCUT2D eigenvalue weighted by molar-refractivity contribution is 7.89. The fourth-order valence-electron chi connectivity index (χ4n) is 4.40. The molecule has 1 N–H and O–H groups in total. The first-order valence-electron chi connectivity index (χ1n) is 11.5. The second-order valence-electron chi connectivity index (χ2n) is 9.40. The molecule has 4 rings (SSSR count). The summed E-state index contributed by atoms with van der Waals surface area (Å²) in [5, 5.41) is 5.82. The molecule has 0 radical (unpaired) electrons. The van der Waals surface area contributed by atoms with E-state index in [0.717, 1.165) is 43.0 Å². The van der Waals surface area contributed by atoms with Gasteiger partial charge in [-0.2, -0.15) is 5.10 Å². The van der Waals surface area contributed by atoms with E-state index in [1.54, 1.807) is 23.4 Å². The van der Waals surface area contributed by atoms with Crippen LogP contribution < -0.4 is 9.62 Å². The molecule has 3 heterocycles. The molecule has 0 aromatic carbocycles. The van der Waals surface area contributed by atoms with Gasteiger partial charge in [-0.25, -0.2) is 32.8 Å². The van der Waals surface area contributed by atoms with Crippen LogP contribution in [0, 0.1) is 0 Å². The van der Waals surface area contributed by atoms with E-state index >= 15 is 0 Å². The van der Waals surface area contributed by atoms with Crippen molar-refractivity contribution in [3.05, 3.63) is 29.8 Å². The molecule has 34 heavy (non-hydrogen) atoms. The molecular formula is C23H31N7O3S. The second-order valence-corrected chi connectivity index (χ2v) is 11.1. The van der Waals surface area contributed by atoms with E-state index in [0.29, 0.717) is 22.7 Å². The Morgan fingerprint density at radius 3 is 2.35 bits per heavy atom. The third-order valence-corrected chi connectivity index (χ3v) is 6.57. The molecule has 0 aliphatic heterocycles. The summed E-state index contributed by atoms with van der Waals surface area (Å²) in [5.41, 5.74) is 2.89. The maximum Gasteiger partial charge on any atom is 0.283 e. The number of hydrogen-bond donors (Lipinski definition) is 1. The molecule has 3 aromatic heterocycles. The molecule has 10 nitrogen and oxygen atoms in total. The van der Waals surface area contributed by atoms with Gasteiger partial charge in [-0.15, -0.1) is 0 Å². The van der Waals surface area contributed by atoms with Crippen LogP contribution in [0.5, 0.6) is 0 Å². The SMILES string of the molecule is CC(C)c1nn(C2CCCCC2)c2nc(C(=O)NS(C)(=O)=O)cc(-c3cnc(N(C)C)nc3)c12. The molecule has 1 aliphatic rings. The summed E-state index contributed by atoms with van der Waals surface area (Å²) < 4.78 is 27.5. The minimum atomic E-state index is -3.75. The fourth-order valence-corrected chi connectivity index (χ4v) is 4.84. The molecule has 0 spiro atoms. The number of nitrogens with one attached hydrogen (secondary N) is 1. The van der Waals surface area contributed by atoms with Crippen LogP contribution >= 0.6 is 0 Å². The predicted octanol–water partition coefficient (Wildman–Crippen LogP) is 3.27. The Hall–Kier alpha value is -3.08. The summed E-state index contributed by atoms with van der Waals surface area (Å²) in [7, 11) is -0.0295. The lowest BCUT2D eigenvalue weighted by Gasteiger charge is -2.22. The minimum Gasteiger partial charge on any atom is -0.347 e. The van der Waals surface area contributed by atoms with Gasteiger partial charge < -0.3 is 4.90 Å². The van der Waals surface area contributed by atoms with Gasteiger partial charge in [0.05, 0.1) is 23.4 Å². The van der Waals surface area contributed by atoms with Gasteiger partial charge in [0.2, 0.25) is 16.0 Å².